The van der Waals surface area contributed by atoms with Crippen molar-refractivity contribution in [2.75, 3.05) is 12.3 Å². The molecule has 1 aliphatic heterocycles. The average Bonchev–Trinajstić information content (AvgIpc) is 3.38. The van der Waals surface area contributed by atoms with Crippen LogP contribution in [0.1, 0.15) is 79.5 Å². The molecule has 6 N–H and O–H groups in total. The van der Waals surface area contributed by atoms with E-state index in [2.05, 4.69) is 49.2 Å². The van der Waals surface area contributed by atoms with E-state index in [1.54, 1.807) is 0 Å². The Morgan fingerprint density at radius 1 is 1.19 bits per heavy atom. The maximum Gasteiger partial charge on any atom is 0.178 e. The molecule has 3 aromatic rings. The number of benzene rings is 1. The predicted octanol–water partition coefficient (Wildman–Crippen LogP) is 4.74. The molecule has 2 aromatic heterocycles. The lowest BCUT2D eigenvalue weighted by Gasteiger charge is -2.24. The summed E-state index contributed by atoms with van der Waals surface area (Å²) >= 11 is 0. The summed E-state index contributed by atoms with van der Waals surface area (Å²) in [6.45, 7) is 2.72. The fourth-order valence-corrected chi connectivity index (χ4v) is 5.91. The van der Waals surface area contributed by atoms with Crippen molar-refractivity contribution < 1.29 is 0 Å². The fourth-order valence-electron chi connectivity index (χ4n) is 5.91. The summed E-state index contributed by atoms with van der Waals surface area (Å²) in [6.07, 6.45) is 14.7. The Labute approximate surface area is 213 Å². The smallest absolute Gasteiger partial charge is 0.178 e. The quantitative estimate of drug-likeness (QED) is 0.263. The topological polar surface area (TPSA) is 128 Å². The standard InChI is InChI=1S/C28H38N8/c29-15-23(18-32-16-20-9-10-22-17-31-12-11-21(22)13-20)24(8-4-7-19-5-2-1-3-6-19)25-14-26(30)33-28-27(25)34-36-35-28/h9-10,13-15,18-19,24,29,31-32H,1-8,11-12,16-17H2,(H3,30,33,34,35,36)/b23-18+,29-15?. The molecule has 0 amide bonds. The van der Waals surface area contributed by atoms with Crippen LogP contribution in [0.25, 0.3) is 11.2 Å². The lowest BCUT2D eigenvalue weighted by atomic mass is 9.82. The number of nitrogens with two attached hydrogens (primary N) is 1. The summed E-state index contributed by atoms with van der Waals surface area (Å²) in [5.74, 6) is 1.28. The van der Waals surface area contributed by atoms with E-state index >= 15 is 0 Å². The number of anilines is 1. The second-order valence-corrected chi connectivity index (χ2v) is 10.3. The summed E-state index contributed by atoms with van der Waals surface area (Å²) in [4.78, 5) is 4.36. The van der Waals surface area contributed by atoms with E-state index < -0.39 is 0 Å². The first kappa shape index (κ1) is 24.4. The van der Waals surface area contributed by atoms with Gasteiger partial charge < -0.3 is 21.8 Å². The van der Waals surface area contributed by atoms with E-state index in [-0.39, 0.29) is 5.92 Å². The van der Waals surface area contributed by atoms with Crippen LogP contribution in [0.5, 0.6) is 0 Å². The van der Waals surface area contributed by atoms with Gasteiger partial charge in [0.1, 0.15) is 11.3 Å². The van der Waals surface area contributed by atoms with Gasteiger partial charge in [-0.2, -0.15) is 0 Å². The van der Waals surface area contributed by atoms with Gasteiger partial charge in [-0.25, -0.2) is 10.1 Å². The van der Waals surface area contributed by atoms with Gasteiger partial charge in [0.2, 0.25) is 0 Å². The molecule has 0 spiro atoms. The van der Waals surface area contributed by atoms with Gasteiger partial charge in [-0.1, -0.05) is 68.4 Å². The molecule has 0 radical (unpaired) electrons. The van der Waals surface area contributed by atoms with E-state index in [4.69, 9.17) is 11.1 Å². The first-order valence-corrected chi connectivity index (χ1v) is 13.4. The Bertz CT molecular complexity index is 1210. The van der Waals surface area contributed by atoms with Gasteiger partial charge in [0.05, 0.1) is 0 Å². The SMILES string of the molecule is N=C/C(=C\NCc1ccc2c(c1)CCNC2)C(CCCC1CCCCC1)c1cc(N)nc2[nH]nnc12. The Morgan fingerprint density at radius 2 is 2.08 bits per heavy atom. The summed E-state index contributed by atoms with van der Waals surface area (Å²) in [5.41, 5.74) is 13.5. The number of nitrogen functional groups attached to an aromatic ring is 1. The maximum atomic E-state index is 8.27. The Hall–Kier alpha value is -3.26. The van der Waals surface area contributed by atoms with Crippen LogP contribution in [0.4, 0.5) is 5.82 Å². The van der Waals surface area contributed by atoms with E-state index in [1.807, 2.05) is 12.3 Å². The number of fused-ring (bicyclic) bond motifs is 2. The largest absolute Gasteiger partial charge is 0.387 e. The minimum Gasteiger partial charge on any atom is -0.387 e. The zero-order valence-electron chi connectivity index (χ0n) is 21.0. The molecule has 0 saturated heterocycles. The highest BCUT2D eigenvalue weighted by atomic mass is 15.3. The molecule has 1 unspecified atom stereocenters. The Morgan fingerprint density at radius 3 is 2.94 bits per heavy atom. The summed E-state index contributed by atoms with van der Waals surface area (Å²) < 4.78 is 0. The Kier molecular flexibility index (Phi) is 7.91. The van der Waals surface area contributed by atoms with Crippen molar-refractivity contribution in [1.29, 1.82) is 5.41 Å². The summed E-state index contributed by atoms with van der Waals surface area (Å²) in [7, 11) is 0. The van der Waals surface area contributed by atoms with Crippen LogP contribution in [0.2, 0.25) is 0 Å². The third kappa shape index (κ3) is 5.75. The third-order valence-electron chi connectivity index (χ3n) is 7.85. The zero-order valence-corrected chi connectivity index (χ0v) is 21.0. The molecule has 0 bridgehead atoms. The molecule has 1 saturated carbocycles. The van der Waals surface area contributed by atoms with Crippen molar-refractivity contribution in [3.8, 4) is 0 Å². The van der Waals surface area contributed by atoms with Crippen molar-refractivity contribution in [3.05, 3.63) is 58.3 Å². The van der Waals surface area contributed by atoms with Gasteiger partial charge in [0.15, 0.2) is 5.65 Å². The van der Waals surface area contributed by atoms with E-state index in [1.165, 1.54) is 61.4 Å². The molecule has 8 nitrogen and oxygen atoms in total. The lowest BCUT2D eigenvalue weighted by Crippen LogP contribution is -2.23. The molecule has 36 heavy (non-hydrogen) atoms. The van der Waals surface area contributed by atoms with Crippen LogP contribution in [-0.4, -0.2) is 33.2 Å². The number of aromatic nitrogens is 4. The number of allylic oxidation sites excluding steroid dienone is 1. The number of rotatable bonds is 10. The van der Waals surface area contributed by atoms with Crippen LogP contribution in [0.3, 0.4) is 0 Å². The van der Waals surface area contributed by atoms with Crippen LogP contribution in [0.15, 0.2) is 36.0 Å². The molecular formula is C28H38N8. The predicted molar refractivity (Wildman–Crippen MR) is 145 cm³/mol. The van der Waals surface area contributed by atoms with Crippen LogP contribution < -0.4 is 16.4 Å². The first-order valence-electron chi connectivity index (χ1n) is 13.4. The molecular weight excluding hydrogens is 448 g/mol. The molecule has 3 heterocycles. The monoisotopic (exact) mass is 486 g/mol. The third-order valence-corrected chi connectivity index (χ3v) is 7.85. The normalized spacial score (nSPS) is 17.6. The van der Waals surface area contributed by atoms with Crippen molar-refractivity contribution >= 4 is 23.2 Å². The molecule has 1 aliphatic carbocycles. The molecule has 190 valence electrons. The number of H-pyrrole nitrogens is 1. The van der Waals surface area contributed by atoms with Crippen molar-refractivity contribution in [1.82, 2.24) is 31.0 Å². The van der Waals surface area contributed by atoms with Gasteiger partial charge in [0.25, 0.3) is 0 Å². The molecule has 1 aromatic carbocycles. The molecule has 2 aliphatic rings. The molecule has 5 rings (SSSR count). The van der Waals surface area contributed by atoms with Gasteiger partial charge in [-0.3, -0.25) is 0 Å². The van der Waals surface area contributed by atoms with E-state index in [0.29, 0.717) is 11.5 Å². The highest BCUT2D eigenvalue weighted by molar-refractivity contribution is 5.83. The van der Waals surface area contributed by atoms with Gasteiger partial charge in [-0.05, 0) is 59.2 Å². The molecule has 8 heteroatoms. The average molecular weight is 487 g/mol. The number of pyridine rings is 1. The number of nitrogens with zero attached hydrogens (tertiary/aromatic N) is 3. The van der Waals surface area contributed by atoms with Crippen LogP contribution in [0, 0.1) is 11.3 Å². The number of aromatic amines is 1. The lowest BCUT2D eigenvalue weighted by molar-refractivity contribution is 0.328. The van der Waals surface area contributed by atoms with Gasteiger partial charge in [0, 0.05) is 31.4 Å². The van der Waals surface area contributed by atoms with Crippen molar-refractivity contribution in [2.24, 2.45) is 5.92 Å². The van der Waals surface area contributed by atoms with Crippen LogP contribution in [-0.2, 0) is 19.5 Å². The zero-order chi connectivity index (χ0) is 24.7. The minimum absolute atomic E-state index is 0.00565. The van der Waals surface area contributed by atoms with Crippen LogP contribution >= 0.6 is 0 Å². The second-order valence-electron chi connectivity index (χ2n) is 10.3. The summed E-state index contributed by atoms with van der Waals surface area (Å²) in [6, 6.07) is 8.64. The second kappa shape index (κ2) is 11.6. The molecule has 1 fully saturated rings. The summed E-state index contributed by atoms with van der Waals surface area (Å²) in [5, 5.41) is 26.3. The highest BCUT2D eigenvalue weighted by Crippen LogP contribution is 2.35. The fraction of sp³-hybridized carbons (Fsp3) is 0.500. The van der Waals surface area contributed by atoms with Crippen molar-refractivity contribution in [3.63, 3.8) is 0 Å². The number of hydrogen-bond donors (Lipinski definition) is 5. The first-order chi connectivity index (χ1) is 17.7. The Balaban J connectivity index is 1.34. The highest BCUT2D eigenvalue weighted by Gasteiger charge is 2.22. The number of hydrogen-bond acceptors (Lipinski definition) is 7. The molecule has 1 atom stereocenters. The maximum absolute atomic E-state index is 8.27. The van der Waals surface area contributed by atoms with Gasteiger partial charge in [-0.15, -0.1) is 5.10 Å². The van der Waals surface area contributed by atoms with Crippen molar-refractivity contribution in [2.45, 2.75) is 76.8 Å². The van der Waals surface area contributed by atoms with E-state index in [0.717, 1.165) is 61.5 Å². The minimum atomic E-state index is 0.00565. The number of nitrogens with one attached hydrogen (secondary N) is 4. The van der Waals surface area contributed by atoms with E-state index in [9.17, 15) is 0 Å². The van der Waals surface area contributed by atoms with Gasteiger partial charge >= 0.3 is 0 Å².